The van der Waals surface area contributed by atoms with Crippen molar-refractivity contribution in [3.8, 4) is 5.75 Å². The third-order valence-corrected chi connectivity index (χ3v) is 8.07. The number of carbonyl (C=O) groups excluding carboxylic acids is 1. The smallest absolute Gasteiger partial charge is 0.481 e. The van der Waals surface area contributed by atoms with Crippen LogP contribution in [0.25, 0.3) is 0 Å². The molecule has 2 atom stereocenters. The van der Waals surface area contributed by atoms with E-state index in [1.165, 1.54) is 33.5 Å². The summed E-state index contributed by atoms with van der Waals surface area (Å²) in [5.41, 5.74) is 1.57. The highest BCUT2D eigenvalue weighted by Gasteiger charge is 2.40. The van der Waals surface area contributed by atoms with Gasteiger partial charge in [0.05, 0.1) is 17.7 Å². The summed E-state index contributed by atoms with van der Waals surface area (Å²) >= 11 is 0. The topological polar surface area (TPSA) is 104 Å². The number of carboxylic acid groups (broad SMARTS) is 1. The lowest BCUT2D eigenvalue weighted by Crippen LogP contribution is -2.59. The van der Waals surface area contributed by atoms with E-state index in [-0.39, 0.29) is 42.5 Å². The summed E-state index contributed by atoms with van der Waals surface area (Å²) in [6, 6.07) is 8.28. The zero-order valence-electron chi connectivity index (χ0n) is 19.9. The van der Waals surface area contributed by atoms with Crippen LogP contribution in [-0.4, -0.2) is 66.1 Å². The second-order valence-corrected chi connectivity index (χ2v) is 10.7. The highest BCUT2D eigenvalue weighted by molar-refractivity contribution is 7.89. The summed E-state index contributed by atoms with van der Waals surface area (Å²) in [4.78, 5) is 25.5. The van der Waals surface area contributed by atoms with E-state index in [0.717, 1.165) is 12.1 Å². The molecule has 3 rings (SSSR count). The Morgan fingerprint density at radius 1 is 1.03 bits per heavy atom. The van der Waals surface area contributed by atoms with Crippen molar-refractivity contribution < 1.29 is 41.0 Å². The van der Waals surface area contributed by atoms with Gasteiger partial charge in [-0.3, -0.25) is 9.59 Å². The molecule has 1 heterocycles. The first-order valence-electron chi connectivity index (χ1n) is 11.1. The van der Waals surface area contributed by atoms with Crippen LogP contribution >= 0.6 is 0 Å². The molecule has 0 bridgehead atoms. The van der Waals surface area contributed by atoms with Gasteiger partial charge in [0.2, 0.25) is 15.9 Å². The Morgan fingerprint density at radius 2 is 1.61 bits per heavy atom. The molecule has 1 amide bonds. The minimum atomic E-state index is -4.81. The Balaban J connectivity index is 1.71. The largest absolute Gasteiger partial charge is 0.573 e. The van der Waals surface area contributed by atoms with Crippen LogP contribution in [-0.2, 0) is 32.5 Å². The van der Waals surface area contributed by atoms with Gasteiger partial charge in [-0.2, -0.15) is 4.31 Å². The standard InChI is InChI=1S/C24H27F3N2O6S/c1-15-4-9-21(11-19(15)12-23(31)32)36(33,34)29-16(2)13-28(14-17(29)3)22(30)10-18-5-7-20(8-6-18)35-24(25,26)27/h4-9,11,16-17H,10,12-14H2,1-3H3,(H,31,32). The SMILES string of the molecule is Cc1ccc(S(=O)(=O)N2C(C)CN(C(=O)Cc3ccc(OC(F)(F)F)cc3)CC2C)cc1CC(=O)O. The average molecular weight is 529 g/mol. The molecule has 0 aromatic heterocycles. The van der Waals surface area contributed by atoms with E-state index in [1.54, 1.807) is 26.8 Å². The van der Waals surface area contributed by atoms with Crippen LogP contribution < -0.4 is 4.74 Å². The Labute approximate surface area is 207 Å². The maximum Gasteiger partial charge on any atom is 0.573 e. The molecule has 36 heavy (non-hydrogen) atoms. The number of aryl methyl sites for hydroxylation is 1. The number of piperazine rings is 1. The highest BCUT2D eigenvalue weighted by atomic mass is 32.2. The van der Waals surface area contributed by atoms with E-state index in [4.69, 9.17) is 5.11 Å². The third-order valence-electron chi connectivity index (χ3n) is 5.94. The number of rotatable bonds is 7. The van der Waals surface area contributed by atoms with Gasteiger partial charge in [0.15, 0.2) is 0 Å². The van der Waals surface area contributed by atoms with Crippen molar-refractivity contribution in [1.82, 2.24) is 9.21 Å². The number of nitrogens with zero attached hydrogens (tertiary/aromatic N) is 2. The van der Waals surface area contributed by atoms with Crippen molar-refractivity contribution in [2.75, 3.05) is 13.1 Å². The first-order valence-corrected chi connectivity index (χ1v) is 12.6. The van der Waals surface area contributed by atoms with Crippen LogP contribution in [0.4, 0.5) is 13.2 Å². The summed E-state index contributed by atoms with van der Waals surface area (Å²) in [7, 11) is -3.97. The monoisotopic (exact) mass is 528 g/mol. The summed E-state index contributed by atoms with van der Waals surface area (Å²) in [5, 5.41) is 9.11. The predicted molar refractivity (Wildman–Crippen MR) is 124 cm³/mol. The fourth-order valence-corrected chi connectivity index (χ4v) is 6.22. The van der Waals surface area contributed by atoms with Gasteiger partial charge in [-0.15, -0.1) is 13.2 Å². The molecule has 0 spiro atoms. The van der Waals surface area contributed by atoms with E-state index >= 15 is 0 Å². The number of benzene rings is 2. The maximum absolute atomic E-state index is 13.4. The van der Waals surface area contributed by atoms with E-state index in [2.05, 4.69) is 4.74 Å². The van der Waals surface area contributed by atoms with Crippen LogP contribution in [0, 0.1) is 6.92 Å². The van der Waals surface area contributed by atoms with Gasteiger partial charge in [-0.1, -0.05) is 18.2 Å². The van der Waals surface area contributed by atoms with Crippen molar-refractivity contribution >= 4 is 21.9 Å². The van der Waals surface area contributed by atoms with Gasteiger partial charge in [0.25, 0.3) is 0 Å². The Hall–Kier alpha value is -3.12. The van der Waals surface area contributed by atoms with Crippen LogP contribution in [0.3, 0.4) is 0 Å². The summed E-state index contributed by atoms with van der Waals surface area (Å²) in [5.74, 6) is -1.74. The van der Waals surface area contributed by atoms with Gasteiger partial charge in [0, 0.05) is 25.2 Å². The Kier molecular flexibility index (Phi) is 7.99. The molecule has 1 aliphatic rings. The number of aliphatic carboxylic acids is 1. The molecule has 8 nitrogen and oxygen atoms in total. The molecule has 1 aliphatic heterocycles. The molecular weight excluding hydrogens is 501 g/mol. The first kappa shape index (κ1) is 27.5. The number of alkyl halides is 3. The lowest BCUT2D eigenvalue weighted by molar-refractivity contribution is -0.274. The molecule has 0 saturated carbocycles. The maximum atomic E-state index is 13.4. The van der Waals surface area contributed by atoms with Gasteiger partial charge in [-0.05, 0) is 61.7 Å². The molecule has 0 aliphatic carbocycles. The van der Waals surface area contributed by atoms with Crippen molar-refractivity contribution in [1.29, 1.82) is 0 Å². The fraction of sp³-hybridized carbons (Fsp3) is 0.417. The first-order chi connectivity index (χ1) is 16.7. The van der Waals surface area contributed by atoms with Crippen LogP contribution in [0.2, 0.25) is 0 Å². The number of carbonyl (C=O) groups is 2. The number of carboxylic acids is 1. The van der Waals surface area contributed by atoms with Gasteiger partial charge >= 0.3 is 12.3 Å². The molecule has 2 unspecified atom stereocenters. The third kappa shape index (κ3) is 6.55. The lowest BCUT2D eigenvalue weighted by Gasteiger charge is -2.43. The number of amides is 1. The molecule has 1 N–H and O–H groups in total. The fourth-order valence-electron chi connectivity index (χ4n) is 4.36. The van der Waals surface area contributed by atoms with E-state index in [1.807, 2.05) is 0 Å². The van der Waals surface area contributed by atoms with E-state index < -0.39 is 34.4 Å². The van der Waals surface area contributed by atoms with Crippen molar-refractivity contribution in [2.45, 2.75) is 57.0 Å². The van der Waals surface area contributed by atoms with Crippen molar-refractivity contribution in [3.63, 3.8) is 0 Å². The number of ether oxygens (including phenoxy) is 1. The number of hydrogen-bond acceptors (Lipinski definition) is 5. The molecule has 12 heteroatoms. The minimum absolute atomic E-state index is 0.0102. The molecule has 1 saturated heterocycles. The second-order valence-electron chi connectivity index (χ2n) is 8.86. The van der Waals surface area contributed by atoms with Gasteiger partial charge in [-0.25, -0.2) is 8.42 Å². The van der Waals surface area contributed by atoms with E-state index in [0.29, 0.717) is 16.7 Å². The quantitative estimate of drug-likeness (QED) is 0.591. The zero-order chi connectivity index (χ0) is 26.8. The van der Waals surface area contributed by atoms with E-state index in [9.17, 15) is 31.2 Å². The normalized spacial score (nSPS) is 19.2. The van der Waals surface area contributed by atoms with Crippen molar-refractivity contribution in [2.24, 2.45) is 0 Å². The average Bonchev–Trinajstić information content (AvgIpc) is 2.74. The van der Waals surface area contributed by atoms with Crippen LogP contribution in [0.1, 0.15) is 30.5 Å². The predicted octanol–water partition coefficient (Wildman–Crippen LogP) is 3.37. The summed E-state index contributed by atoms with van der Waals surface area (Å²) < 4.78 is 69.0. The summed E-state index contributed by atoms with van der Waals surface area (Å²) in [6.07, 6.45) is -5.17. The zero-order valence-corrected chi connectivity index (χ0v) is 20.8. The number of hydrogen-bond donors (Lipinski definition) is 1. The molecule has 0 radical (unpaired) electrons. The molecule has 2 aromatic carbocycles. The molecule has 1 fully saturated rings. The molecule has 196 valence electrons. The second kappa shape index (κ2) is 10.5. The molecular formula is C24H27F3N2O6S. The van der Waals surface area contributed by atoms with Gasteiger partial charge < -0.3 is 14.7 Å². The van der Waals surface area contributed by atoms with Gasteiger partial charge in [0.1, 0.15) is 5.75 Å². The number of halogens is 3. The van der Waals surface area contributed by atoms with Crippen LogP contribution in [0.15, 0.2) is 47.4 Å². The minimum Gasteiger partial charge on any atom is -0.481 e. The lowest BCUT2D eigenvalue weighted by atomic mass is 10.1. The van der Waals surface area contributed by atoms with Crippen molar-refractivity contribution in [3.05, 3.63) is 59.2 Å². The summed E-state index contributed by atoms with van der Waals surface area (Å²) in [6.45, 7) is 5.34. The Bertz CT molecular complexity index is 1220. The Morgan fingerprint density at radius 3 is 2.14 bits per heavy atom. The number of sulfonamides is 1. The van der Waals surface area contributed by atoms with Crippen LogP contribution in [0.5, 0.6) is 5.75 Å². The molecule has 2 aromatic rings. The highest BCUT2D eigenvalue weighted by Crippen LogP contribution is 2.28.